The molecule has 0 aromatic rings. The van der Waals surface area contributed by atoms with Gasteiger partial charge in [-0.15, -0.1) is 0 Å². The van der Waals surface area contributed by atoms with Gasteiger partial charge >= 0.3 is 0 Å². The molecule has 0 bridgehead atoms. The molecule has 0 aromatic carbocycles. The number of aliphatic hydroxyl groups excluding tert-OH is 4. The molecule has 0 saturated heterocycles. The van der Waals surface area contributed by atoms with E-state index in [9.17, 15) is 20.4 Å². The van der Waals surface area contributed by atoms with Crippen LogP contribution in [0.15, 0.2) is 0 Å². The quantitative estimate of drug-likeness (QED) is 0.0455. The average Bonchev–Trinajstić information content (AvgIpc) is 3.19. The van der Waals surface area contributed by atoms with Crippen LogP contribution in [0, 0.1) is 5.92 Å². The van der Waals surface area contributed by atoms with Crippen molar-refractivity contribution in [3.05, 3.63) is 0 Å². The minimum absolute atomic E-state index is 0.256. The lowest BCUT2D eigenvalue weighted by molar-refractivity contribution is 0.0361. The van der Waals surface area contributed by atoms with Crippen LogP contribution in [0.4, 0.5) is 0 Å². The third kappa shape index (κ3) is 38.4. The van der Waals surface area contributed by atoms with Gasteiger partial charge in [0.15, 0.2) is 0 Å². The van der Waals surface area contributed by atoms with Crippen LogP contribution in [0.1, 0.15) is 234 Å². The van der Waals surface area contributed by atoms with Crippen molar-refractivity contribution in [3.8, 4) is 0 Å². The highest BCUT2D eigenvalue weighted by molar-refractivity contribution is 4.75. The fraction of sp³-hybridized carbons (Fsp3) is 1.00. The predicted octanol–water partition coefficient (Wildman–Crippen LogP) is 11.8. The third-order valence-corrected chi connectivity index (χ3v) is 12.6. The molecule has 5 unspecified atom stereocenters. The van der Waals surface area contributed by atoms with Crippen LogP contribution >= 0.6 is 0 Å². The summed E-state index contributed by atoms with van der Waals surface area (Å²) in [6, 6.07) is 0. The Morgan fingerprint density at radius 3 is 1.00 bits per heavy atom. The molecule has 0 fully saturated rings. The summed E-state index contributed by atoms with van der Waals surface area (Å²) in [5.74, 6) is 0.256. The van der Waals surface area contributed by atoms with E-state index in [4.69, 9.17) is 0 Å². The van der Waals surface area contributed by atoms with Gasteiger partial charge in [-0.05, 0) is 38.6 Å². The molecule has 0 heterocycles. The highest BCUT2D eigenvalue weighted by Crippen LogP contribution is 2.18. The molecule has 7 heteroatoms. The Kier molecular flexibility index (Phi) is 42.2. The number of hydrogen-bond acceptors (Lipinski definition) is 7. The summed E-state index contributed by atoms with van der Waals surface area (Å²) < 4.78 is 0. The van der Waals surface area contributed by atoms with E-state index in [0.29, 0.717) is 32.6 Å². The minimum atomic E-state index is -0.385. The summed E-state index contributed by atoms with van der Waals surface area (Å²) in [4.78, 5) is 6.92. The van der Waals surface area contributed by atoms with Crippen molar-refractivity contribution in [3.63, 3.8) is 0 Å². The molecule has 0 aliphatic rings. The molecule has 0 spiro atoms. The average molecular weight is 812 g/mol. The largest absolute Gasteiger partial charge is 0.392 e. The fourth-order valence-corrected chi connectivity index (χ4v) is 8.25. The van der Waals surface area contributed by atoms with E-state index >= 15 is 0 Å². The normalized spacial score (nSPS) is 14.9. The number of unbranched alkanes of at least 4 members (excludes halogenated alkanes) is 24. The van der Waals surface area contributed by atoms with Gasteiger partial charge in [0.25, 0.3) is 0 Å². The molecular formula is C50H105N3O4. The molecule has 0 amide bonds. The van der Waals surface area contributed by atoms with Crippen LogP contribution < -0.4 is 0 Å². The third-order valence-electron chi connectivity index (χ3n) is 12.6. The van der Waals surface area contributed by atoms with Crippen molar-refractivity contribution in [1.82, 2.24) is 14.7 Å². The van der Waals surface area contributed by atoms with Gasteiger partial charge in [0, 0.05) is 52.4 Å². The van der Waals surface area contributed by atoms with E-state index in [1.807, 2.05) is 6.92 Å². The maximum absolute atomic E-state index is 11.2. The maximum Gasteiger partial charge on any atom is 0.0692 e. The van der Waals surface area contributed by atoms with Crippen molar-refractivity contribution < 1.29 is 20.4 Å². The highest BCUT2D eigenvalue weighted by atomic mass is 16.3. The van der Waals surface area contributed by atoms with Gasteiger partial charge in [0.1, 0.15) is 0 Å². The van der Waals surface area contributed by atoms with E-state index < -0.39 is 0 Å². The SMILES string of the molecule is CCCCCCCCCCCCC(O)CN(CCN(C)CCN(CC(O)CC)CC(O)C(C)CCCCCCCCCC)CC(O)CCCCCCCCCCC. The van der Waals surface area contributed by atoms with Gasteiger partial charge in [-0.3, -0.25) is 9.80 Å². The van der Waals surface area contributed by atoms with Crippen molar-refractivity contribution in [2.75, 3.05) is 59.4 Å². The van der Waals surface area contributed by atoms with Gasteiger partial charge in [-0.2, -0.15) is 0 Å². The summed E-state index contributed by atoms with van der Waals surface area (Å²) in [6.07, 6.45) is 37.1. The monoisotopic (exact) mass is 812 g/mol. The first kappa shape index (κ1) is 56.7. The summed E-state index contributed by atoms with van der Waals surface area (Å²) in [6.45, 7) is 16.8. The molecule has 5 atom stereocenters. The van der Waals surface area contributed by atoms with Crippen LogP contribution in [-0.2, 0) is 0 Å². The first-order valence-electron chi connectivity index (χ1n) is 25.5. The van der Waals surface area contributed by atoms with Crippen LogP contribution in [0.3, 0.4) is 0 Å². The Balaban J connectivity index is 4.92. The highest BCUT2D eigenvalue weighted by Gasteiger charge is 2.21. The van der Waals surface area contributed by atoms with E-state index in [1.165, 1.54) is 161 Å². The van der Waals surface area contributed by atoms with E-state index in [0.717, 1.165) is 58.3 Å². The zero-order valence-electron chi connectivity index (χ0n) is 39.6. The Bertz CT molecular complexity index is 791. The molecule has 0 rings (SSSR count). The minimum Gasteiger partial charge on any atom is -0.392 e. The smallest absolute Gasteiger partial charge is 0.0692 e. The van der Waals surface area contributed by atoms with Crippen molar-refractivity contribution in [2.24, 2.45) is 5.92 Å². The van der Waals surface area contributed by atoms with Crippen LogP contribution in [0.2, 0.25) is 0 Å². The maximum atomic E-state index is 11.2. The lowest BCUT2D eigenvalue weighted by atomic mass is 9.96. The van der Waals surface area contributed by atoms with E-state index in [-0.39, 0.29) is 30.3 Å². The van der Waals surface area contributed by atoms with Crippen LogP contribution in [0.25, 0.3) is 0 Å². The second-order valence-electron chi connectivity index (χ2n) is 18.6. The summed E-state index contributed by atoms with van der Waals surface area (Å²) >= 11 is 0. The topological polar surface area (TPSA) is 90.6 Å². The lowest BCUT2D eigenvalue weighted by Crippen LogP contribution is -2.45. The molecule has 0 radical (unpaired) electrons. The summed E-state index contributed by atoms with van der Waals surface area (Å²) in [5.41, 5.74) is 0. The molecule has 0 saturated carbocycles. The first-order valence-corrected chi connectivity index (χ1v) is 25.5. The number of nitrogens with zero attached hydrogens (tertiary/aromatic N) is 3. The van der Waals surface area contributed by atoms with Crippen molar-refractivity contribution in [2.45, 2.75) is 258 Å². The lowest BCUT2D eigenvalue weighted by Gasteiger charge is -2.32. The van der Waals surface area contributed by atoms with Gasteiger partial charge in [-0.25, -0.2) is 0 Å². The van der Waals surface area contributed by atoms with Crippen LogP contribution in [-0.4, -0.2) is 119 Å². The number of aliphatic hydroxyl groups is 4. The van der Waals surface area contributed by atoms with Crippen molar-refractivity contribution >= 4 is 0 Å². The summed E-state index contributed by atoms with van der Waals surface area (Å²) in [5, 5.41) is 44.0. The molecule has 57 heavy (non-hydrogen) atoms. The first-order chi connectivity index (χ1) is 27.7. The molecule has 0 aliphatic carbocycles. The number of rotatable bonds is 46. The Hall–Kier alpha value is -0.280. The van der Waals surface area contributed by atoms with Gasteiger partial charge in [0.2, 0.25) is 0 Å². The number of hydrogen-bond donors (Lipinski definition) is 4. The Labute approximate surface area is 357 Å². The molecule has 0 aliphatic heterocycles. The number of likely N-dealkylation sites (N-methyl/N-ethyl adjacent to an activating group) is 1. The molecule has 4 N–H and O–H groups in total. The zero-order chi connectivity index (χ0) is 42.2. The van der Waals surface area contributed by atoms with Gasteiger partial charge in [0.05, 0.1) is 24.4 Å². The molecule has 344 valence electrons. The van der Waals surface area contributed by atoms with Crippen molar-refractivity contribution in [1.29, 1.82) is 0 Å². The van der Waals surface area contributed by atoms with Gasteiger partial charge < -0.3 is 25.3 Å². The second-order valence-corrected chi connectivity index (χ2v) is 18.6. The van der Waals surface area contributed by atoms with Crippen LogP contribution in [0.5, 0.6) is 0 Å². The summed E-state index contributed by atoms with van der Waals surface area (Å²) in [7, 11) is 2.16. The molecular weight excluding hydrogens is 707 g/mol. The molecule has 0 aromatic heterocycles. The second kappa shape index (κ2) is 42.4. The predicted molar refractivity (Wildman–Crippen MR) is 249 cm³/mol. The van der Waals surface area contributed by atoms with E-state index in [2.05, 4.69) is 49.4 Å². The van der Waals surface area contributed by atoms with Gasteiger partial charge in [-0.1, -0.05) is 208 Å². The Morgan fingerprint density at radius 1 is 0.351 bits per heavy atom. The Morgan fingerprint density at radius 2 is 0.649 bits per heavy atom. The standard InChI is InChI=1S/C50H105N3O4/c1-7-11-14-17-20-23-25-28-31-34-37-49(56)44-52(43-48(55)36-33-30-27-24-21-18-15-12-8-2)40-38-51(6)39-41-53(42-47(54)10-4)45-50(57)46(5)35-32-29-26-22-19-16-13-9-3/h46-50,54-57H,7-45H2,1-6H3. The zero-order valence-corrected chi connectivity index (χ0v) is 39.6. The fourth-order valence-electron chi connectivity index (χ4n) is 8.25. The molecule has 7 nitrogen and oxygen atoms in total. The van der Waals surface area contributed by atoms with E-state index in [1.54, 1.807) is 0 Å².